The highest BCUT2D eigenvalue weighted by atomic mass is 35.5. The van der Waals surface area contributed by atoms with Crippen LogP contribution in [-0.4, -0.2) is 9.38 Å². The molecule has 0 aromatic carbocycles. The van der Waals surface area contributed by atoms with E-state index in [1.54, 1.807) is 0 Å². The van der Waals surface area contributed by atoms with Gasteiger partial charge in [0.2, 0.25) is 0 Å². The normalized spacial score (nSPS) is 11.0. The molecule has 68 valence electrons. The highest BCUT2D eigenvalue weighted by molar-refractivity contribution is 6.30. The van der Waals surface area contributed by atoms with Crippen molar-refractivity contribution in [2.45, 2.75) is 13.5 Å². The van der Waals surface area contributed by atoms with E-state index >= 15 is 0 Å². The Morgan fingerprint density at radius 3 is 3.08 bits per heavy atom. The first-order valence-electron chi connectivity index (χ1n) is 4.05. The summed E-state index contributed by atoms with van der Waals surface area (Å²) in [5, 5.41) is 0.665. The average molecular weight is 196 g/mol. The number of aryl methyl sites for hydroxylation is 1. The molecule has 0 saturated heterocycles. The van der Waals surface area contributed by atoms with Gasteiger partial charge in [0.25, 0.3) is 0 Å². The van der Waals surface area contributed by atoms with Crippen LogP contribution in [0.25, 0.3) is 5.65 Å². The van der Waals surface area contributed by atoms with Gasteiger partial charge in [0.1, 0.15) is 10.8 Å². The van der Waals surface area contributed by atoms with E-state index in [1.165, 1.54) is 0 Å². The summed E-state index contributed by atoms with van der Waals surface area (Å²) in [7, 11) is 0. The lowest BCUT2D eigenvalue weighted by molar-refractivity contribution is 1.05. The van der Waals surface area contributed by atoms with Crippen LogP contribution in [-0.2, 0) is 6.54 Å². The van der Waals surface area contributed by atoms with Gasteiger partial charge in [-0.3, -0.25) is 4.40 Å². The Labute approximate surface area is 81.1 Å². The molecule has 0 bridgehead atoms. The fourth-order valence-corrected chi connectivity index (χ4v) is 1.49. The van der Waals surface area contributed by atoms with Gasteiger partial charge >= 0.3 is 0 Å². The van der Waals surface area contributed by atoms with Gasteiger partial charge in [-0.2, -0.15) is 0 Å². The molecule has 0 fully saturated rings. The van der Waals surface area contributed by atoms with Crippen LogP contribution in [0.4, 0.5) is 0 Å². The molecule has 0 amide bonds. The number of aromatic nitrogens is 2. The lowest BCUT2D eigenvalue weighted by Gasteiger charge is -1.97. The van der Waals surface area contributed by atoms with Crippen LogP contribution in [0.5, 0.6) is 0 Å². The standard InChI is InChI=1S/C9H10ClN3/c1-6-9(10)13-3-2-7(5-11)4-8(13)12-6/h2-4H,5,11H2,1H3. The van der Waals surface area contributed by atoms with Crippen LogP contribution < -0.4 is 5.73 Å². The molecule has 4 heteroatoms. The maximum absolute atomic E-state index is 6.01. The zero-order chi connectivity index (χ0) is 9.42. The van der Waals surface area contributed by atoms with Crippen LogP contribution in [0, 0.1) is 6.92 Å². The largest absolute Gasteiger partial charge is 0.326 e. The Balaban J connectivity index is 2.73. The summed E-state index contributed by atoms with van der Waals surface area (Å²) in [6.45, 7) is 2.41. The van der Waals surface area contributed by atoms with Gasteiger partial charge in [-0.15, -0.1) is 0 Å². The van der Waals surface area contributed by atoms with Crippen molar-refractivity contribution >= 4 is 17.2 Å². The van der Waals surface area contributed by atoms with E-state index in [-0.39, 0.29) is 0 Å². The lowest BCUT2D eigenvalue weighted by Crippen LogP contribution is -1.97. The molecule has 2 heterocycles. The quantitative estimate of drug-likeness (QED) is 0.754. The molecule has 0 aliphatic heterocycles. The summed E-state index contributed by atoms with van der Waals surface area (Å²) >= 11 is 6.01. The summed E-state index contributed by atoms with van der Waals surface area (Å²) in [5.74, 6) is 0. The SMILES string of the molecule is Cc1nc2cc(CN)ccn2c1Cl. The van der Waals surface area contributed by atoms with Gasteiger partial charge in [0, 0.05) is 12.7 Å². The minimum absolute atomic E-state index is 0.528. The van der Waals surface area contributed by atoms with Gasteiger partial charge in [-0.25, -0.2) is 4.98 Å². The number of nitrogens with zero attached hydrogens (tertiary/aromatic N) is 2. The molecule has 0 spiro atoms. The molecule has 2 N–H and O–H groups in total. The van der Waals surface area contributed by atoms with E-state index in [0.717, 1.165) is 16.9 Å². The Bertz CT molecular complexity index is 447. The summed E-state index contributed by atoms with van der Waals surface area (Å²) in [5.41, 5.74) is 8.28. The molecule has 13 heavy (non-hydrogen) atoms. The second-order valence-corrected chi connectivity index (χ2v) is 3.31. The van der Waals surface area contributed by atoms with Gasteiger partial charge < -0.3 is 5.73 Å². The number of pyridine rings is 1. The minimum Gasteiger partial charge on any atom is -0.326 e. The summed E-state index contributed by atoms with van der Waals surface area (Å²) in [6.07, 6.45) is 1.89. The smallest absolute Gasteiger partial charge is 0.138 e. The zero-order valence-corrected chi connectivity index (χ0v) is 8.04. The van der Waals surface area contributed by atoms with E-state index in [2.05, 4.69) is 4.98 Å². The summed E-state index contributed by atoms with van der Waals surface area (Å²) < 4.78 is 1.84. The van der Waals surface area contributed by atoms with Gasteiger partial charge in [0.15, 0.2) is 0 Å². The van der Waals surface area contributed by atoms with Crippen LogP contribution in [0.2, 0.25) is 5.15 Å². The van der Waals surface area contributed by atoms with Crippen LogP contribution in [0.15, 0.2) is 18.3 Å². The molecular weight excluding hydrogens is 186 g/mol. The van der Waals surface area contributed by atoms with E-state index in [0.29, 0.717) is 11.7 Å². The van der Waals surface area contributed by atoms with Crippen LogP contribution in [0.3, 0.4) is 0 Å². The topological polar surface area (TPSA) is 43.3 Å². The van der Waals surface area contributed by atoms with Gasteiger partial charge in [-0.1, -0.05) is 11.6 Å². The monoisotopic (exact) mass is 195 g/mol. The maximum Gasteiger partial charge on any atom is 0.138 e. The molecule has 0 radical (unpaired) electrons. The third kappa shape index (κ3) is 1.30. The number of fused-ring (bicyclic) bond motifs is 1. The first-order chi connectivity index (χ1) is 6.22. The Hall–Kier alpha value is -1.06. The predicted molar refractivity (Wildman–Crippen MR) is 52.8 cm³/mol. The third-order valence-electron chi connectivity index (χ3n) is 2.03. The fourth-order valence-electron chi connectivity index (χ4n) is 1.30. The molecular formula is C9H10ClN3. The number of rotatable bonds is 1. The average Bonchev–Trinajstić information content (AvgIpc) is 2.42. The van der Waals surface area contributed by atoms with Crippen molar-refractivity contribution in [1.82, 2.24) is 9.38 Å². The van der Waals surface area contributed by atoms with E-state index in [4.69, 9.17) is 17.3 Å². The molecule has 0 atom stereocenters. The van der Waals surface area contributed by atoms with Crippen molar-refractivity contribution in [3.8, 4) is 0 Å². The van der Waals surface area contributed by atoms with Gasteiger partial charge in [-0.05, 0) is 24.6 Å². The van der Waals surface area contributed by atoms with E-state index in [1.807, 2.05) is 29.7 Å². The van der Waals surface area contributed by atoms with Crippen molar-refractivity contribution in [3.63, 3.8) is 0 Å². The Morgan fingerprint density at radius 2 is 2.38 bits per heavy atom. The highest BCUT2D eigenvalue weighted by Crippen LogP contribution is 2.17. The van der Waals surface area contributed by atoms with Crippen LogP contribution >= 0.6 is 11.6 Å². The second-order valence-electron chi connectivity index (χ2n) is 2.96. The van der Waals surface area contributed by atoms with Crippen molar-refractivity contribution < 1.29 is 0 Å². The highest BCUT2D eigenvalue weighted by Gasteiger charge is 2.05. The molecule has 2 aromatic heterocycles. The van der Waals surface area contributed by atoms with Crippen LogP contribution in [0.1, 0.15) is 11.3 Å². The maximum atomic E-state index is 6.01. The minimum atomic E-state index is 0.528. The molecule has 0 saturated carbocycles. The number of hydrogen-bond acceptors (Lipinski definition) is 2. The molecule has 3 nitrogen and oxygen atoms in total. The lowest BCUT2D eigenvalue weighted by atomic mass is 10.3. The zero-order valence-electron chi connectivity index (χ0n) is 7.29. The predicted octanol–water partition coefficient (Wildman–Crippen LogP) is 1.75. The second kappa shape index (κ2) is 3.01. The summed E-state index contributed by atoms with van der Waals surface area (Å²) in [6, 6.07) is 3.89. The van der Waals surface area contributed by atoms with E-state index in [9.17, 15) is 0 Å². The molecule has 2 aromatic rings. The Kier molecular flexibility index (Phi) is 1.98. The molecule has 0 aliphatic carbocycles. The molecule has 2 rings (SSSR count). The third-order valence-corrected chi connectivity index (χ3v) is 2.48. The fraction of sp³-hybridized carbons (Fsp3) is 0.222. The molecule has 0 unspecified atom stereocenters. The number of imidazole rings is 1. The first kappa shape index (κ1) is 8.53. The number of halogens is 1. The Morgan fingerprint density at radius 1 is 1.62 bits per heavy atom. The van der Waals surface area contributed by atoms with Crippen molar-refractivity contribution in [2.24, 2.45) is 5.73 Å². The molecule has 0 aliphatic rings. The summed E-state index contributed by atoms with van der Waals surface area (Å²) in [4.78, 5) is 4.30. The van der Waals surface area contributed by atoms with Crippen molar-refractivity contribution in [2.75, 3.05) is 0 Å². The van der Waals surface area contributed by atoms with Crippen molar-refractivity contribution in [3.05, 3.63) is 34.7 Å². The van der Waals surface area contributed by atoms with Gasteiger partial charge in [0.05, 0.1) is 5.69 Å². The van der Waals surface area contributed by atoms with Crippen molar-refractivity contribution in [1.29, 1.82) is 0 Å². The number of hydrogen-bond donors (Lipinski definition) is 1. The number of nitrogens with two attached hydrogens (primary N) is 1. The first-order valence-corrected chi connectivity index (χ1v) is 4.43. The van der Waals surface area contributed by atoms with E-state index < -0.39 is 0 Å².